The van der Waals surface area contributed by atoms with Gasteiger partial charge in [0.2, 0.25) is 5.95 Å². The SMILES string of the molecule is CCCC[C@H](CC)CSSCCOC(=O)NCCN(C)c1ccnc(NC(=O)OCCSSC[C@@H](CC)CCCC)n1. The average molecular weight is 664 g/mol. The highest BCUT2D eigenvalue weighted by Crippen LogP contribution is 2.28. The highest BCUT2D eigenvalue weighted by molar-refractivity contribution is 8.77. The molecule has 42 heavy (non-hydrogen) atoms. The standard InChI is InChI=1S/C29H53N5O4S4/c1-6-10-12-24(8-3)22-41-39-20-18-37-28(35)31-16-17-34(5)26-14-15-30-27(32-26)33-29(36)38-19-21-40-42-23-25(9-4)13-11-7-2/h14-15,24-25H,6-13,16-23H2,1-5H3,(H,31,35)(H,30,32,33,36)/t24-,25-/m0/s1. The number of carbonyl (C=O) groups is 2. The molecule has 0 spiro atoms. The minimum Gasteiger partial charge on any atom is -0.449 e. The fraction of sp³-hybridized carbons (Fsp3) is 0.793. The Morgan fingerprint density at radius 1 is 0.881 bits per heavy atom. The molecule has 1 heterocycles. The molecular formula is C29H53N5O4S4. The van der Waals surface area contributed by atoms with E-state index >= 15 is 0 Å². The molecule has 0 unspecified atom stereocenters. The van der Waals surface area contributed by atoms with E-state index in [0.29, 0.717) is 32.1 Å². The van der Waals surface area contributed by atoms with Crippen molar-refractivity contribution in [2.75, 3.05) is 66.6 Å². The molecule has 2 atom stereocenters. The summed E-state index contributed by atoms with van der Waals surface area (Å²) in [6.45, 7) is 10.6. The summed E-state index contributed by atoms with van der Waals surface area (Å²) in [5, 5.41) is 5.36. The Bertz CT molecular complexity index is 843. The van der Waals surface area contributed by atoms with Crippen molar-refractivity contribution in [1.29, 1.82) is 0 Å². The Labute approximate surface area is 270 Å². The number of alkyl carbamates (subject to hydrolysis) is 1. The molecule has 0 fully saturated rings. The lowest BCUT2D eigenvalue weighted by atomic mass is 10.0. The average Bonchev–Trinajstić information content (AvgIpc) is 2.99. The largest absolute Gasteiger partial charge is 0.449 e. The second kappa shape index (κ2) is 26.2. The number of ether oxygens (including phenoxy) is 2. The smallest absolute Gasteiger partial charge is 0.414 e. The minimum atomic E-state index is -0.572. The molecule has 0 bridgehead atoms. The lowest BCUT2D eigenvalue weighted by Gasteiger charge is -2.18. The van der Waals surface area contributed by atoms with Crippen LogP contribution in [0.5, 0.6) is 0 Å². The molecule has 2 amide bonds. The van der Waals surface area contributed by atoms with Gasteiger partial charge in [-0.3, -0.25) is 5.32 Å². The Balaban J connectivity index is 2.19. The first-order valence-corrected chi connectivity index (χ1v) is 20.3. The Morgan fingerprint density at radius 2 is 1.45 bits per heavy atom. The second-order valence-electron chi connectivity index (χ2n) is 10.0. The van der Waals surface area contributed by atoms with E-state index in [9.17, 15) is 9.59 Å². The quantitative estimate of drug-likeness (QED) is 0.0778. The number of anilines is 2. The van der Waals surface area contributed by atoms with Crippen molar-refractivity contribution < 1.29 is 19.1 Å². The van der Waals surface area contributed by atoms with Crippen LogP contribution in [0.15, 0.2) is 12.3 Å². The van der Waals surface area contributed by atoms with Crippen LogP contribution >= 0.6 is 43.2 Å². The molecule has 0 radical (unpaired) electrons. The molecule has 0 aliphatic heterocycles. The van der Waals surface area contributed by atoms with Crippen molar-refractivity contribution in [3.8, 4) is 0 Å². The number of carbonyl (C=O) groups excluding carboxylic acids is 2. The van der Waals surface area contributed by atoms with Gasteiger partial charge in [-0.15, -0.1) is 0 Å². The summed E-state index contributed by atoms with van der Waals surface area (Å²) in [4.78, 5) is 34.5. The van der Waals surface area contributed by atoms with Crippen LogP contribution in [-0.4, -0.2) is 78.5 Å². The molecule has 0 aromatic carbocycles. The van der Waals surface area contributed by atoms with E-state index in [1.807, 2.05) is 33.5 Å². The van der Waals surface area contributed by atoms with E-state index in [2.05, 4.69) is 48.3 Å². The van der Waals surface area contributed by atoms with Crippen LogP contribution in [0.1, 0.15) is 79.1 Å². The molecule has 2 N–H and O–H groups in total. The van der Waals surface area contributed by atoms with E-state index in [1.165, 1.54) is 51.4 Å². The molecule has 1 aromatic heterocycles. The first-order valence-electron chi connectivity index (χ1n) is 15.3. The molecule has 0 aliphatic carbocycles. The van der Waals surface area contributed by atoms with E-state index in [1.54, 1.807) is 33.9 Å². The maximum Gasteiger partial charge on any atom is 0.414 e. The zero-order valence-electron chi connectivity index (χ0n) is 26.2. The maximum absolute atomic E-state index is 12.2. The van der Waals surface area contributed by atoms with Crippen molar-refractivity contribution in [2.24, 2.45) is 11.8 Å². The normalized spacial score (nSPS) is 12.4. The summed E-state index contributed by atoms with van der Waals surface area (Å²) in [5.74, 6) is 6.12. The highest BCUT2D eigenvalue weighted by atomic mass is 33.1. The van der Waals surface area contributed by atoms with E-state index < -0.39 is 12.2 Å². The first kappa shape index (κ1) is 38.8. The third-order valence-corrected chi connectivity index (χ3v) is 11.7. The minimum absolute atomic E-state index is 0.173. The van der Waals surface area contributed by atoms with E-state index in [-0.39, 0.29) is 5.95 Å². The number of nitrogens with one attached hydrogen (secondary N) is 2. The molecule has 0 aliphatic rings. The summed E-state index contributed by atoms with van der Waals surface area (Å²) < 4.78 is 10.6. The number of amides is 2. The van der Waals surface area contributed by atoms with Gasteiger partial charge in [0.05, 0.1) is 0 Å². The van der Waals surface area contributed by atoms with Gasteiger partial charge < -0.3 is 19.7 Å². The topological polar surface area (TPSA) is 106 Å². The van der Waals surface area contributed by atoms with Gasteiger partial charge in [0.25, 0.3) is 0 Å². The van der Waals surface area contributed by atoms with Crippen LogP contribution in [0.2, 0.25) is 0 Å². The van der Waals surface area contributed by atoms with Gasteiger partial charge >= 0.3 is 12.2 Å². The Hall–Kier alpha value is -1.18. The highest BCUT2D eigenvalue weighted by Gasteiger charge is 2.11. The Morgan fingerprint density at radius 3 is 2.00 bits per heavy atom. The molecule has 0 saturated carbocycles. The summed E-state index contributed by atoms with van der Waals surface area (Å²) in [6.07, 6.45) is 10.7. The van der Waals surface area contributed by atoms with Crippen LogP contribution in [0.25, 0.3) is 0 Å². The first-order chi connectivity index (χ1) is 20.4. The Kier molecular flexibility index (Phi) is 24.3. The van der Waals surface area contributed by atoms with Crippen molar-refractivity contribution in [3.05, 3.63) is 12.3 Å². The second-order valence-corrected chi connectivity index (χ2v) is 15.3. The number of likely N-dealkylation sites (N-methyl/N-ethyl adjacent to an activating group) is 1. The van der Waals surface area contributed by atoms with Crippen LogP contribution in [-0.2, 0) is 9.47 Å². The van der Waals surface area contributed by atoms with Crippen molar-refractivity contribution in [3.63, 3.8) is 0 Å². The van der Waals surface area contributed by atoms with Gasteiger partial charge in [0, 0.05) is 49.3 Å². The van der Waals surface area contributed by atoms with Crippen LogP contribution < -0.4 is 15.5 Å². The summed E-state index contributed by atoms with van der Waals surface area (Å²) in [6, 6.07) is 1.74. The monoisotopic (exact) mass is 663 g/mol. The molecule has 1 aromatic rings. The third-order valence-electron chi connectivity index (χ3n) is 6.62. The summed E-state index contributed by atoms with van der Waals surface area (Å²) in [5.41, 5.74) is 0. The van der Waals surface area contributed by atoms with E-state index in [0.717, 1.165) is 34.8 Å². The lowest BCUT2D eigenvalue weighted by molar-refractivity contribution is 0.153. The number of aromatic nitrogens is 2. The van der Waals surface area contributed by atoms with Gasteiger partial charge in [-0.2, -0.15) is 4.98 Å². The van der Waals surface area contributed by atoms with Gasteiger partial charge in [0.15, 0.2) is 0 Å². The fourth-order valence-electron chi connectivity index (χ4n) is 3.78. The zero-order chi connectivity index (χ0) is 30.8. The summed E-state index contributed by atoms with van der Waals surface area (Å²) in [7, 11) is 9.08. The molecule has 0 saturated heterocycles. The van der Waals surface area contributed by atoms with Crippen molar-refractivity contribution in [1.82, 2.24) is 15.3 Å². The van der Waals surface area contributed by atoms with Crippen molar-refractivity contribution in [2.45, 2.75) is 79.1 Å². The summed E-state index contributed by atoms with van der Waals surface area (Å²) >= 11 is 0. The molecule has 9 nitrogen and oxygen atoms in total. The molecule has 13 heteroatoms. The molecule has 1 rings (SSSR count). The van der Waals surface area contributed by atoms with Gasteiger partial charge in [-0.05, 0) is 30.7 Å². The van der Waals surface area contributed by atoms with E-state index in [4.69, 9.17) is 9.47 Å². The van der Waals surface area contributed by atoms with Crippen molar-refractivity contribution >= 4 is 67.1 Å². The maximum atomic E-state index is 12.2. The predicted molar refractivity (Wildman–Crippen MR) is 186 cm³/mol. The number of nitrogens with zero attached hydrogens (tertiary/aromatic N) is 3. The number of hydrogen-bond acceptors (Lipinski definition) is 11. The molecule has 242 valence electrons. The number of rotatable bonds is 25. The fourth-order valence-corrected chi connectivity index (χ4v) is 8.55. The zero-order valence-corrected chi connectivity index (χ0v) is 29.5. The number of unbranched alkanes of at least 4 members (excludes halogenated alkanes) is 2. The van der Waals surface area contributed by atoms with Gasteiger partial charge in [0.1, 0.15) is 19.0 Å². The molecular weight excluding hydrogens is 611 g/mol. The van der Waals surface area contributed by atoms with Crippen LogP contribution in [0, 0.1) is 11.8 Å². The van der Waals surface area contributed by atoms with Crippen LogP contribution in [0.3, 0.4) is 0 Å². The van der Waals surface area contributed by atoms with Gasteiger partial charge in [-0.25, -0.2) is 14.6 Å². The third kappa shape index (κ3) is 19.9. The predicted octanol–water partition coefficient (Wildman–Crippen LogP) is 8.38. The van der Waals surface area contributed by atoms with Crippen LogP contribution in [0.4, 0.5) is 21.4 Å². The number of hydrogen-bond donors (Lipinski definition) is 2. The lowest BCUT2D eigenvalue weighted by Crippen LogP contribution is -2.34. The van der Waals surface area contributed by atoms with Gasteiger partial charge in [-0.1, -0.05) is 109 Å².